The third-order valence-corrected chi connectivity index (χ3v) is 2.24. The van der Waals surface area contributed by atoms with Crippen LogP contribution in [0.1, 0.15) is 11.1 Å². The number of aliphatic carboxylic acids is 1. The Morgan fingerprint density at radius 3 is 3.00 bits per heavy atom. The molecule has 0 saturated carbocycles. The maximum atomic E-state index is 10.6. The minimum absolute atomic E-state index is 0.0794. The van der Waals surface area contributed by atoms with Crippen LogP contribution < -0.4 is 0 Å². The number of carbonyl (C=O) groups is 1. The number of rotatable bonds is 2. The first-order valence-electron chi connectivity index (χ1n) is 4.45. The molecule has 2 aromatic rings. The van der Waals surface area contributed by atoms with E-state index in [4.69, 9.17) is 5.11 Å². The molecule has 0 aliphatic heterocycles. The Morgan fingerprint density at radius 2 is 2.29 bits per heavy atom. The first kappa shape index (κ1) is 8.81. The SMILES string of the molecule is Cc1cc(CC(=O)O)c2cc[nH]c2c1. The zero-order valence-corrected chi connectivity index (χ0v) is 7.87. The highest BCUT2D eigenvalue weighted by atomic mass is 16.4. The van der Waals surface area contributed by atoms with Crippen molar-refractivity contribution >= 4 is 16.9 Å². The molecule has 2 N–H and O–H groups in total. The highest BCUT2D eigenvalue weighted by molar-refractivity contribution is 5.87. The lowest BCUT2D eigenvalue weighted by atomic mass is 10.0. The normalized spacial score (nSPS) is 10.6. The van der Waals surface area contributed by atoms with Crippen molar-refractivity contribution < 1.29 is 9.90 Å². The van der Waals surface area contributed by atoms with Gasteiger partial charge in [-0.3, -0.25) is 4.79 Å². The fourth-order valence-corrected chi connectivity index (χ4v) is 1.71. The molecule has 0 fully saturated rings. The molecule has 3 heteroatoms. The number of aromatic amines is 1. The third-order valence-electron chi connectivity index (χ3n) is 2.24. The second-order valence-electron chi connectivity index (χ2n) is 3.43. The number of aromatic nitrogens is 1. The van der Waals surface area contributed by atoms with Gasteiger partial charge >= 0.3 is 5.97 Å². The highest BCUT2D eigenvalue weighted by Gasteiger charge is 2.06. The van der Waals surface area contributed by atoms with E-state index in [1.54, 1.807) is 0 Å². The van der Waals surface area contributed by atoms with Gasteiger partial charge in [0.2, 0.25) is 0 Å². The fourth-order valence-electron chi connectivity index (χ4n) is 1.71. The molecule has 3 nitrogen and oxygen atoms in total. The Balaban J connectivity index is 2.60. The van der Waals surface area contributed by atoms with Gasteiger partial charge in [0, 0.05) is 17.1 Å². The van der Waals surface area contributed by atoms with Crippen LogP contribution in [0.5, 0.6) is 0 Å². The average Bonchev–Trinajstić information content (AvgIpc) is 2.50. The van der Waals surface area contributed by atoms with Gasteiger partial charge in [0.15, 0.2) is 0 Å². The molecule has 14 heavy (non-hydrogen) atoms. The molecule has 2 rings (SSSR count). The quantitative estimate of drug-likeness (QED) is 0.760. The molecule has 1 heterocycles. The molecule has 0 atom stereocenters. The van der Waals surface area contributed by atoms with E-state index in [1.165, 1.54) is 0 Å². The predicted octanol–water partition coefficient (Wildman–Crippen LogP) is 2.10. The van der Waals surface area contributed by atoms with Crippen molar-refractivity contribution in [3.63, 3.8) is 0 Å². The number of hydrogen-bond acceptors (Lipinski definition) is 1. The maximum absolute atomic E-state index is 10.6. The van der Waals surface area contributed by atoms with Crippen LogP contribution in [0, 0.1) is 6.92 Å². The summed E-state index contributed by atoms with van der Waals surface area (Å²) in [6, 6.07) is 5.85. The lowest BCUT2D eigenvalue weighted by Crippen LogP contribution is -2.00. The molecular formula is C11H11NO2. The number of nitrogens with one attached hydrogen (secondary N) is 1. The van der Waals surface area contributed by atoms with Gasteiger partial charge in [-0.25, -0.2) is 0 Å². The van der Waals surface area contributed by atoms with Crippen molar-refractivity contribution in [2.45, 2.75) is 13.3 Å². The lowest BCUT2D eigenvalue weighted by molar-refractivity contribution is -0.136. The van der Waals surface area contributed by atoms with Gasteiger partial charge in [-0.1, -0.05) is 6.07 Å². The van der Waals surface area contributed by atoms with E-state index < -0.39 is 5.97 Å². The van der Waals surface area contributed by atoms with Crippen molar-refractivity contribution in [1.29, 1.82) is 0 Å². The van der Waals surface area contributed by atoms with Gasteiger partial charge in [0.25, 0.3) is 0 Å². The number of carboxylic acids is 1. The molecule has 1 aromatic carbocycles. The van der Waals surface area contributed by atoms with E-state index in [0.29, 0.717) is 0 Å². The second kappa shape index (κ2) is 3.18. The van der Waals surface area contributed by atoms with Crippen LogP contribution in [0.25, 0.3) is 10.9 Å². The van der Waals surface area contributed by atoms with E-state index >= 15 is 0 Å². The first-order valence-corrected chi connectivity index (χ1v) is 4.45. The van der Waals surface area contributed by atoms with E-state index in [-0.39, 0.29) is 6.42 Å². The summed E-state index contributed by atoms with van der Waals surface area (Å²) >= 11 is 0. The highest BCUT2D eigenvalue weighted by Crippen LogP contribution is 2.20. The first-order chi connectivity index (χ1) is 6.66. The maximum Gasteiger partial charge on any atom is 0.307 e. The van der Waals surface area contributed by atoms with Crippen molar-refractivity contribution in [3.8, 4) is 0 Å². The molecule has 0 radical (unpaired) electrons. The third kappa shape index (κ3) is 1.48. The second-order valence-corrected chi connectivity index (χ2v) is 3.43. The van der Waals surface area contributed by atoms with Crippen molar-refractivity contribution in [3.05, 3.63) is 35.5 Å². The zero-order chi connectivity index (χ0) is 10.1. The smallest absolute Gasteiger partial charge is 0.307 e. The summed E-state index contributed by atoms with van der Waals surface area (Å²) in [7, 11) is 0. The average molecular weight is 189 g/mol. The number of aryl methyl sites for hydroxylation is 1. The zero-order valence-electron chi connectivity index (χ0n) is 7.87. The number of benzene rings is 1. The molecular weight excluding hydrogens is 178 g/mol. The monoisotopic (exact) mass is 189 g/mol. The Hall–Kier alpha value is -1.77. The number of fused-ring (bicyclic) bond motifs is 1. The summed E-state index contributed by atoms with van der Waals surface area (Å²) in [5, 5.41) is 9.74. The topological polar surface area (TPSA) is 53.1 Å². The van der Waals surface area contributed by atoms with Gasteiger partial charge in [0.05, 0.1) is 6.42 Å². The number of H-pyrrole nitrogens is 1. The van der Waals surface area contributed by atoms with Crippen molar-refractivity contribution in [1.82, 2.24) is 4.98 Å². The molecule has 0 aliphatic carbocycles. The largest absolute Gasteiger partial charge is 0.481 e. The Kier molecular flexibility index (Phi) is 2.00. The number of carboxylic acid groups (broad SMARTS) is 1. The summed E-state index contributed by atoms with van der Waals surface area (Å²) < 4.78 is 0. The number of hydrogen-bond donors (Lipinski definition) is 2. The van der Waals surface area contributed by atoms with E-state index in [9.17, 15) is 4.79 Å². The summed E-state index contributed by atoms with van der Waals surface area (Å²) in [5.41, 5.74) is 2.95. The van der Waals surface area contributed by atoms with Crippen molar-refractivity contribution in [2.75, 3.05) is 0 Å². The van der Waals surface area contributed by atoms with E-state index in [1.807, 2.05) is 31.3 Å². The van der Waals surface area contributed by atoms with Gasteiger partial charge in [-0.05, 0) is 30.2 Å². The fraction of sp³-hybridized carbons (Fsp3) is 0.182. The Labute approximate surface area is 81.4 Å². The van der Waals surface area contributed by atoms with Crippen LogP contribution in [0.15, 0.2) is 24.4 Å². The van der Waals surface area contributed by atoms with Crippen LogP contribution in [0.4, 0.5) is 0 Å². The molecule has 0 aliphatic rings. The molecule has 0 spiro atoms. The molecule has 0 saturated heterocycles. The predicted molar refractivity (Wildman–Crippen MR) is 54.4 cm³/mol. The molecule has 0 amide bonds. The minimum atomic E-state index is -0.793. The molecule has 1 aromatic heterocycles. The lowest BCUT2D eigenvalue weighted by Gasteiger charge is -2.01. The Morgan fingerprint density at radius 1 is 1.50 bits per heavy atom. The Bertz CT molecular complexity index is 485. The van der Waals surface area contributed by atoms with Crippen LogP contribution in [0.3, 0.4) is 0 Å². The van der Waals surface area contributed by atoms with Gasteiger partial charge in [-0.2, -0.15) is 0 Å². The van der Waals surface area contributed by atoms with Crippen molar-refractivity contribution in [2.24, 2.45) is 0 Å². The van der Waals surface area contributed by atoms with Gasteiger partial charge < -0.3 is 10.1 Å². The summed E-state index contributed by atoms with van der Waals surface area (Å²) in [4.78, 5) is 13.7. The standard InChI is InChI=1S/C11H11NO2/c1-7-4-8(6-11(13)14)9-2-3-12-10(9)5-7/h2-5,12H,6H2,1H3,(H,13,14). The molecule has 72 valence electrons. The van der Waals surface area contributed by atoms with Crippen LogP contribution in [-0.4, -0.2) is 16.1 Å². The van der Waals surface area contributed by atoms with Crippen LogP contribution >= 0.6 is 0 Å². The summed E-state index contributed by atoms with van der Waals surface area (Å²) in [5.74, 6) is -0.793. The van der Waals surface area contributed by atoms with E-state index in [0.717, 1.165) is 22.0 Å². The molecule has 0 bridgehead atoms. The van der Waals surface area contributed by atoms with Gasteiger partial charge in [-0.15, -0.1) is 0 Å². The van der Waals surface area contributed by atoms with Crippen LogP contribution in [-0.2, 0) is 11.2 Å². The molecule has 0 unspecified atom stereocenters. The van der Waals surface area contributed by atoms with Crippen LogP contribution in [0.2, 0.25) is 0 Å². The van der Waals surface area contributed by atoms with Gasteiger partial charge in [0.1, 0.15) is 0 Å². The minimum Gasteiger partial charge on any atom is -0.481 e. The summed E-state index contributed by atoms with van der Waals surface area (Å²) in [6.07, 6.45) is 1.91. The van der Waals surface area contributed by atoms with E-state index in [2.05, 4.69) is 4.98 Å². The summed E-state index contributed by atoms with van der Waals surface area (Å²) in [6.45, 7) is 1.96.